The van der Waals surface area contributed by atoms with Gasteiger partial charge in [-0.15, -0.1) is 0 Å². The number of hydrogen-bond donors (Lipinski definition) is 0. The molecule has 0 fully saturated rings. The van der Waals surface area contributed by atoms with E-state index in [4.69, 9.17) is 11.6 Å². The van der Waals surface area contributed by atoms with Crippen LogP contribution in [-0.2, 0) is 0 Å². The minimum Gasteiger partial charge on any atom is -0.294 e. The van der Waals surface area contributed by atoms with Crippen LogP contribution in [-0.4, -0.2) is 5.78 Å². The second-order valence-corrected chi connectivity index (χ2v) is 3.79. The number of carbonyl (C=O) groups is 1. The van der Waals surface area contributed by atoms with Crippen molar-refractivity contribution in [3.63, 3.8) is 0 Å². The van der Waals surface area contributed by atoms with Crippen molar-refractivity contribution in [1.29, 1.82) is 0 Å². The Bertz CT molecular complexity index is 387. The van der Waals surface area contributed by atoms with E-state index in [0.717, 1.165) is 5.56 Å². The van der Waals surface area contributed by atoms with Crippen LogP contribution in [0.5, 0.6) is 0 Å². The molecule has 0 radical (unpaired) electrons. The lowest BCUT2D eigenvalue weighted by Gasteiger charge is -2.03. The van der Waals surface area contributed by atoms with E-state index in [1.165, 1.54) is 6.07 Å². The van der Waals surface area contributed by atoms with Crippen molar-refractivity contribution in [2.24, 2.45) is 0 Å². The van der Waals surface area contributed by atoms with Gasteiger partial charge >= 0.3 is 0 Å². The smallest absolute Gasteiger partial charge is 0.163 e. The Labute approximate surface area is 80.5 Å². The first kappa shape index (κ1) is 8.70. The van der Waals surface area contributed by atoms with E-state index in [1.807, 2.05) is 6.92 Å². The predicted octanol–water partition coefficient (Wildman–Crippen LogP) is 3.17. The number of carbonyl (C=O) groups excluding carboxylic acids is 1. The van der Waals surface area contributed by atoms with Crippen LogP contribution < -0.4 is 0 Å². The van der Waals surface area contributed by atoms with Gasteiger partial charge in [0.15, 0.2) is 5.78 Å². The highest BCUT2D eigenvalue weighted by Gasteiger charge is 2.27. The molecule has 1 nitrogen and oxygen atoms in total. The van der Waals surface area contributed by atoms with Crippen molar-refractivity contribution in [2.75, 3.05) is 0 Å². The number of fused-ring (bicyclic) bond motifs is 1. The van der Waals surface area contributed by atoms with Crippen LogP contribution in [0.25, 0.3) is 0 Å². The maximum atomic E-state index is 13.0. The molecule has 1 aromatic carbocycles. The molecule has 1 aromatic rings. The maximum Gasteiger partial charge on any atom is 0.163 e. The lowest BCUT2D eigenvalue weighted by atomic mass is 10.0. The Hall–Kier alpha value is -0.890. The van der Waals surface area contributed by atoms with Gasteiger partial charge in [-0.25, -0.2) is 4.39 Å². The number of halogens is 2. The summed E-state index contributed by atoms with van der Waals surface area (Å²) in [4.78, 5) is 11.3. The molecule has 0 spiro atoms. The van der Waals surface area contributed by atoms with Crippen LogP contribution in [0.1, 0.15) is 35.2 Å². The number of hydrogen-bond acceptors (Lipinski definition) is 1. The van der Waals surface area contributed by atoms with Crippen LogP contribution in [0.3, 0.4) is 0 Å². The fourth-order valence-corrected chi connectivity index (χ4v) is 1.88. The molecule has 1 atom stereocenters. The van der Waals surface area contributed by atoms with Gasteiger partial charge in [0.2, 0.25) is 0 Å². The fourth-order valence-electron chi connectivity index (χ4n) is 1.71. The highest BCUT2D eigenvalue weighted by molar-refractivity contribution is 6.31. The molecule has 68 valence electrons. The number of ketones is 1. The first-order valence-electron chi connectivity index (χ1n) is 4.11. The van der Waals surface area contributed by atoms with Crippen molar-refractivity contribution in [1.82, 2.24) is 0 Å². The second kappa shape index (κ2) is 2.81. The summed E-state index contributed by atoms with van der Waals surface area (Å²) in [5, 5.41) is 0.0975. The van der Waals surface area contributed by atoms with Crippen LogP contribution in [0, 0.1) is 5.82 Å². The fraction of sp³-hybridized carbons (Fsp3) is 0.300. The minimum atomic E-state index is -0.511. The summed E-state index contributed by atoms with van der Waals surface area (Å²) in [7, 11) is 0. The molecule has 0 heterocycles. The molecule has 3 heteroatoms. The molecule has 2 rings (SSSR count). The zero-order chi connectivity index (χ0) is 9.59. The summed E-state index contributed by atoms with van der Waals surface area (Å²) in [5.74, 6) is -0.332. The molecule has 0 amide bonds. The summed E-state index contributed by atoms with van der Waals surface area (Å²) >= 11 is 5.62. The van der Waals surface area contributed by atoms with E-state index < -0.39 is 5.82 Å². The predicted molar refractivity (Wildman–Crippen MR) is 48.8 cm³/mol. The number of benzene rings is 1. The zero-order valence-corrected chi connectivity index (χ0v) is 7.86. The first-order chi connectivity index (χ1) is 6.09. The summed E-state index contributed by atoms with van der Waals surface area (Å²) in [6.07, 6.45) is 0.467. The van der Waals surface area contributed by atoms with Gasteiger partial charge in [0.05, 0.1) is 5.02 Å². The number of Topliss-reactive ketones (excluding diaryl/α,β-unsaturated/α-hetero) is 1. The largest absolute Gasteiger partial charge is 0.294 e. The Balaban J connectivity index is 2.65. The van der Waals surface area contributed by atoms with E-state index in [2.05, 4.69) is 0 Å². The molecule has 0 saturated carbocycles. The summed E-state index contributed by atoms with van der Waals surface area (Å²) < 4.78 is 13.0. The molecule has 0 saturated heterocycles. The minimum absolute atomic E-state index is 0.0121. The van der Waals surface area contributed by atoms with Crippen molar-refractivity contribution in [2.45, 2.75) is 19.3 Å². The van der Waals surface area contributed by atoms with Gasteiger partial charge in [-0.05, 0) is 23.6 Å². The topological polar surface area (TPSA) is 17.1 Å². The quantitative estimate of drug-likeness (QED) is 0.626. The molecule has 1 aliphatic carbocycles. The van der Waals surface area contributed by atoms with Gasteiger partial charge in [-0.2, -0.15) is 0 Å². The third kappa shape index (κ3) is 1.25. The first-order valence-corrected chi connectivity index (χ1v) is 4.49. The Morgan fingerprint density at radius 2 is 2.23 bits per heavy atom. The summed E-state index contributed by atoms with van der Waals surface area (Å²) in [6, 6.07) is 2.80. The Kier molecular flexibility index (Phi) is 1.88. The lowest BCUT2D eigenvalue weighted by molar-refractivity contribution is 0.0990. The van der Waals surface area contributed by atoms with E-state index in [-0.39, 0.29) is 16.7 Å². The monoisotopic (exact) mass is 198 g/mol. The molecule has 0 aliphatic heterocycles. The molecule has 0 N–H and O–H groups in total. The molecule has 0 bridgehead atoms. The highest BCUT2D eigenvalue weighted by Crippen LogP contribution is 2.35. The average Bonchev–Trinajstić information content (AvgIpc) is 2.31. The van der Waals surface area contributed by atoms with Gasteiger partial charge in [0.25, 0.3) is 0 Å². The average molecular weight is 199 g/mol. The van der Waals surface area contributed by atoms with Gasteiger partial charge in [0.1, 0.15) is 5.82 Å². The van der Waals surface area contributed by atoms with Gasteiger partial charge in [0, 0.05) is 12.0 Å². The normalized spacial score (nSPS) is 20.5. The van der Waals surface area contributed by atoms with Crippen molar-refractivity contribution in [3.8, 4) is 0 Å². The van der Waals surface area contributed by atoms with E-state index in [9.17, 15) is 9.18 Å². The van der Waals surface area contributed by atoms with Crippen LogP contribution in [0.2, 0.25) is 5.02 Å². The third-order valence-corrected chi connectivity index (χ3v) is 2.70. The van der Waals surface area contributed by atoms with Crippen LogP contribution in [0.4, 0.5) is 4.39 Å². The second-order valence-electron chi connectivity index (χ2n) is 3.38. The molecule has 1 unspecified atom stereocenters. The Morgan fingerprint density at radius 1 is 1.54 bits per heavy atom. The van der Waals surface area contributed by atoms with Crippen molar-refractivity contribution < 1.29 is 9.18 Å². The number of rotatable bonds is 0. The summed E-state index contributed by atoms with van der Waals surface area (Å²) in [5.41, 5.74) is 1.37. The van der Waals surface area contributed by atoms with E-state index in [1.54, 1.807) is 6.07 Å². The lowest BCUT2D eigenvalue weighted by Crippen LogP contribution is -1.92. The zero-order valence-electron chi connectivity index (χ0n) is 7.10. The van der Waals surface area contributed by atoms with E-state index >= 15 is 0 Å². The maximum absolute atomic E-state index is 13.0. The standard InChI is InChI=1S/C10H8ClFO/c1-5-2-10(13)7-4-9(12)8(11)3-6(5)7/h3-5H,2H2,1H3. The van der Waals surface area contributed by atoms with Crippen molar-refractivity contribution >= 4 is 17.4 Å². The Morgan fingerprint density at radius 3 is 2.92 bits per heavy atom. The molecule has 0 aromatic heterocycles. The molecule has 1 aliphatic rings. The van der Waals surface area contributed by atoms with Gasteiger partial charge in [-0.3, -0.25) is 4.79 Å². The van der Waals surface area contributed by atoms with E-state index in [0.29, 0.717) is 12.0 Å². The van der Waals surface area contributed by atoms with Gasteiger partial charge < -0.3 is 0 Å². The molecule has 13 heavy (non-hydrogen) atoms. The van der Waals surface area contributed by atoms with Crippen LogP contribution in [0.15, 0.2) is 12.1 Å². The van der Waals surface area contributed by atoms with Crippen LogP contribution >= 0.6 is 11.6 Å². The van der Waals surface area contributed by atoms with Gasteiger partial charge in [-0.1, -0.05) is 18.5 Å². The third-order valence-electron chi connectivity index (χ3n) is 2.42. The van der Waals surface area contributed by atoms with Crippen molar-refractivity contribution in [3.05, 3.63) is 34.1 Å². The summed E-state index contributed by atoms with van der Waals surface area (Å²) in [6.45, 7) is 1.94. The molecular formula is C10H8ClFO. The SMILES string of the molecule is CC1CC(=O)c2cc(F)c(Cl)cc21. The molecular weight excluding hydrogens is 191 g/mol. The highest BCUT2D eigenvalue weighted by atomic mass is 35.5.